The molecule has 1 atom stereocenters. The van der Waals surface area contributed by atoms with Crippen LogP contribution in [0, 0.1) is 0 Å². The molecule has 1 aliphatic carbocycles. The van der Waals surface area contributed by atoms with E-state index >= 15 is 0 Å². The topological polar surface area (TPSA) is 92.1 Å². The number of aromatic nitrogens is 2. The predicted molar refractivity (Wildman–Crippen MR) is 64.1 cm³/mol. The monoisotopic (exact) mass is 251 g/mol. The van der Waals surface area contributed by atoms with Gasteiger partial charge in [0.15, 0.2) is 0 Å². The molecule has 18 heavy (non-hydrogen) atoms. The van der Waals surface area contributed by atoms with E-state index in [1.54, 1.807) is 0 Å². The van der Waals surface area contributed by atoms with Gasteiger partial charge < -0.3 is 15.1 Å². The van der Waals surface area contributed by atoms with E-state index < -0.39 is 0 Å². The molecule has 2 fully saturated rings. The maximum absolute atomic E-state index is 11.6. The van der Waals surface area contributed by atoms with Crippen molar-refractivity contribution in [1.29, 1.82) is 0 Å². The Hall–Kier alpha value is -1.63. The highest BCUT2D eigenvalue weighted by atomic mass is 16.4. The number of carbonyl (C=O) groups is 1. The summed E-state index contributed by atoms with van der Waals surface area (Å²) < 4.78 is 5.41. The number of nitrogens with one attached hydrogen (secondary N) is 3. The van der Waals surface area contributed by atoms with Gasteiger partial charge >= 0.3 is 12.0 Å². The summed E-state index contributed by atoms with van der Waals surface area (Å²) in [6.07, 6.45) is 5.39. The van der Waals surface area contributed by atoms with Crippen LogP contribution < -0.4 is 16.0 Å². The fourth-order valence-corrected chi connectivity index (χ4v) is 2.19. The second-order valence-electron chi connectivity index (χ2n) is 4.82. The first kappa shape index (κ1) is 11.5. The highest BCUT2D eigenvalue weighted by Gasteiger charge is 2.23. The van der Waals surface area contributed by atoms with E-state index in [0.29, 0.717) is 11.9 Å². The van der Waals surface area contributed by atoms with Crippen LogP contribution in [-0.4, -0.2) is 28.8 Å². The van der Waals surface area contributed by atoms with E-state index in [2.05, 4.69) is 26.1 Å². The molecule has 0 bridgehead atoms. The zero-order valence-electron chi connectivity index (χ0n) is 10.1. The Kier molecular flexibility index (Phi) is 3.14. The summed E-state index contributed by atoms with van der Waals surface area (Å²) in [6.45, 7) is 0.970. The van der Waals surface area contributed by atoms with Gasteiger partial charge in [0, 0.05) is 6.04 Å². The lowest BCUT2D eigenvalue weighted by molar-refractivity contribution is 0.239. The quantitative estimate of drug-likeness (QED) is 0.750. The van der Waals surface area contributed by atoms with E-state index in [1.165, 1.54) is 6.42 Å². The van der Waals surface area contributed by atoms with Crippen LogP contribution in [0.4, 0.5) is 10.8 Å². The maximum Gasteiger partial charge on any atom is 0.323 e. The van der Waals surface area contributed by atoms with Crippen molar-refractivity contribution in [2.24, 2.45) is 0 Å². The fraction of sp³-hybridized carbons (Fsp3) is 0.727. The molecular weight excluding hydrogens is 234 g/mol. The van der Waals surface area contributed by atoms with Gasteiger partial charge in [-0.2, -0.15) is 0 Å². The van der Waals surface area contributed by atoms with E-state index in [1.807, 2.05) is 0 Å². The summed E-state index contributed by atoms with van der Waals surface area (Å²) >= 11 is 0. The summed E-state index contributed by atoms with van der Waals surface area (Å²) in [5.74, 6) is 0.548. The standard InChI is InChI=1S/C11H17N5O2/c17-10(13-7-3-1-4-7)14-11-16-15-9(18-11)8-5-2-6-12-8/h7-8,12H,1-6H2,(H2,13,14,16,17). The Balaban J connectivity index is 1.53. The van der Waals surface area contributed by atoms with Gasteiger partial charge in [0.1, 0.15) is 0 Å². The molecular formula is C11H17N5O2. The Morgan fingerprint density at radius 2 is 2.17 bits per heavy atom. The number of nitrogens with zero attached hydrogens (tertiary/aromatic N) is 2. The first-order valence-electron chi connectivity index (χ1n) is 6.45. The third-order valence-corrected chi connectivity index (χ3v) is 3.46. The number of anilines is 1. The zero-order chi connectivity index (χ0) is 12.4. The van der Waals surface area contributed by atoms with Gasteiger partial charge in [0.05, 0.1) is 6.04 Å². The molecule has 2 amide bonds. The summed E-state index contributed by atoms with van der Waals surface area (Å²) in [6, 6.07) is 0.316. The molecule has 0 radical (unpaired) electrons. The molecule has 1 aromatic heterocycles. The van der Waals surface area contributed by atoms with Crippen molar-refractivity contribution in [3.8, 4) is 0 Å². The Morgan fingerprint density at radius 3 is 2.83 bits per heavy atom. The van der Waals surface area contributed by atoms with Crippen LogP contribution in [0.1, 0.15) is 44.0 Å². The van der Waals surface area contributed by atoms with Gasteiger partial charge in [0.25, 0.3) is 0 Å². The molecule has 7 heteroatoms. The number of hydrogen-bond donors (Lipinski definition) is 3. The first-order valence-corrected chi connectivity index (χ1v) is 6.45. The van der Waals surface area contributed by atoms with Crippen molar-refractivity contribution in [2.45, 2.75) is 44.2 Å². The molecule has 0 spiro atoms. The Bertz CT molecular complexity index is 423. The molecule has 1 saturated heterocycles. The van der Waals surface area contributed by atoms with Crippen LogP contribution in [0.2, 0.25) is 0 Å². The van der Waals surface area contributed by atoms with Gasteiger partial charge in [-0.1, -0.05) is 5.10 Å². The first-order chi connectivity index (χ1) is 8.81. The van der Waals surface area contributed by atoms with Crippen molar-refractivity contribution in [3.05, 3.63) is 5.89 Å². The van der Waals surface area contributed by atoms with Crippen molar-refractivity contribution in [3.63, 3.8) is 0 Å². The SMILES string of the molecule is O=C(Nc1nnc(C2CCCN2)o1)NC1CCC1. The summed E-state index contributed by atoms with van der Waals surface area (Å²) in [4.78, 5) is 11.6. The lowest BCUT2D eigenvalue weighted by Gasteiger charge is -2.25. The van der Waals surface area contributed by atoms with E-state index in [9.17, 15) is 4.79 Å². The molecule has 2 aliphatic rings. The van der Waals surface area contributed by atoms with Crippen LogP contribution in [0.25, 0.3) is 0 Å². The predicted octanol–water partition coefficient (Wildman–Crippen LogP) is 1.17. The minimum Gasteiger partial charge on any atom is -0.406 e. The number of hydrogen-bond acceptors (Lipinski definition) is 5. The Labute approximate surface area is 105 Å². The largest absolute Gasteiger partial charge is 0.406 e. The van der Waals surface area contributed by atoms with Gasteiger partial charge in [-0.05, 0) is 38.6 Å². The van der Waals surface area contributed by atoms with Gasteiger partial charge in [-0.3, -0.25) is 5.32 Å². The van der Waals surface area contributed by atoms with Crippen LogP contribution in [0.15, 0.2) is 4.42 Å². The zero-order valence-corrected chi connectivity index (χ0v) is 10.1. The summed E-state index contributed by atoms with van der Waals surface area (Å²) in [7, 11) is 0. The van der Waals surface area contributed by atoms with Gasteiger partial charge in [-0.25, -0.2) is 4.79 Å². The van der Waals surface area contributed by atoms with E-state index in [0.717, 1.165) is 32.2 Å². The van der Waals surface area contributed by atoms with Gasteiger partial charge in [-0.15, -0.1) is 5.10 Å². The molecule has 1 aliphatic heterocycles. The number of rotatable bonds is 3. The van der Waals surface area contributed by atoms with Crippen LogP contribution in [-0.2, 0) is 0 Å². The number of carbonyl (C=O) groups excluding carboxylic acids is 1. The van der Waals surface area contributed by atoms with Crippen LogP contribution in [0.5, 0.6) is 0 Å². The summed E-state index contributed by atoms with van der Waals surface area (Å²) in [5.41, 5.74) is 0. The fourth-order valence-electron chi connectivity index (χ4n) is 2.19. The molecule has 98 valence electrons. The van der Waals surface area contributed by atoms with E-state index in [-0.39, 0.29) is 18.1 Å². The highest BCUT2D eigenvalue weighted by Crippen LogP contribution is 2.23. The van der Waals surface area contributed by atoms with E-state index in [4.69, 9.17) is 4.42 Å². The average Bonchev–Trinajstić information content (AvgIpc) is 2.92. The average molecular weight is 251 g/mol. The molecule has 0 aromatic carbocycles. The minimum atomic E-state index is -0.269. The molecule has 1 saturated carbocycles. The van der Waals surface area contributed by atoms with Crippen molar-refractivity contribution >= 4 is 12.0 Å². The minimum absolute atomic E-state index is 0.128. The smallest absolute Gasteiger partial charge is 0.323 e. The molecule has 1 unspecified atom stereocenters. The van der Waals surface area contributed by atoms with Crippen LogP contribution >= 0.6 is 0 Å². The molecule has 7 nitrogen and oxygen atoms in total. The third kappa shape index (κ3) is 2.45. The van der Waals surface area contributed by atoms with Crippen molar-refractivity contribution in [2.75, 3.05) is 11.9 Å². The normalized spacial score (nSPS) is 23.7. The number of urea groups is 1. The van der Waals surface area contributed by atoms with Crippen LogP contribution in [0.3, 0.4) is 0 Å². The maximum atomic E-state index is 11.6. The molecule has 2 heterocycles. The third-order valence-electron chi connectivity index (χ3n) is 3.46. The van der Waals surface area contributed by atoms with Crippen molar-refractivity contribution < 1.29 is 9.21 Å². The second-order valence-corrected chi connectivity index (χ2v) is 4.82. The van der Waals surface area contributed by atoms with Crippen molar-refractivity contribution in [1.82, 2.24) is 20.8 Å². The Morgan fingerprint density at radius 1 is 1.28 bits per heavy atom. The lowest BCUT2D eigenvalue weighted by atomic mass is 9.93. The van der Waals surface area contributed by atoms with Gasteiger partial charge in [0.2, 0.25) is 5.89 Å². The molecule has 3 rings (SSSR count). The molecule has 3 N–H and O–H groups in total. The lowest BCUT2D eigenvalue weighted by Crippen LogP contribution is -2.41. The molecule has 1 aromatic rings. The second kappa shape index (κ2) is 4.93. The highest BCUT2D eigenvalue weighted by molar-refractivity contribution is 5.87. The summed E-state index contributed by atoms with van der Waals surface area (Å²) in [5, 5.41) is 16.4. The number of amides is 2.